The molecule has 150 valence electrons. The van der Waals surface area contributed by atoms with Crippen molar-refractivity contribution >= 4 is 23.6 Å². The Labute approximate surface area is 167 Å². The van der Waals surface area contributed by atoms with Gasteiger partial charge in [-0.1, -0.05) is 17.8 Å². The van der Waals surface area contributed by atoms with Crippen molar-refractivity contribution in [2.75, 3.05) is 6.79 Å². The summed E-state index contributed by atoms with van der Waals surface area (Å²) in [5.74, 6) is 1.61. The van der Waals surface area contributed by atoms with Gasteiger partial charge in [-0.25, -0.2) is 0 Å². The Morgan fingerprint density at radius 1 is 1.32 bits per heavy atom. The van der Waals surface area contributed by atoms with E-state index < -0.39 is 0 Å². The monoisotopic (exact) mass is 405 g/mol. The maximum absolute atomic E-state index is 12.5. The molecule has 1 atom stereocenters. The zero-order chi connectivity index (χ0) is 20.1. The average molecular weight is 405 g/mol. The van der Waals surface area contributed by atoms with Crippen LogP contribution in [0, 0.1) is 0 Å². The molecule has 2 heterocycles. The van der Waals surface area contributed by atoms with Crippen molar-refractivity contribution in [3.05, 3.63) is 29.6 Å². The molecule has 2 amide bonds. The second-order valence-corrected chi connectivity index (χ2v) is 7.58. The molecule has 10 heteroatoms. The number of nitrogens with zero attached hydrogens (tertiary/aromatic N) is 3. The number of hydrogen-bond donors (Lipinski definition) is 2. The lowest BCUT2D eigenvalue weighted by atomic mass is 10.2. The smallest absolute Gasteiger partial charge is 0.233 e. The normalized spacial score (nSPS) is 13.4. The average Bonchev–Trinajstić information content (AvgIpc) is 3.30. The Balaban J connectivity index is 1.56. The highest BCUT2D eigenvalue weighted by atomic mass is 32.2. The molecule has 0 saturated heterocycles. The molecule has 0 saturated carbocycles. The van der Waals surface area contributed by atoms with E-state index in [4.69, 9.17) is 15.2 Å². The molecule has 1 aromatic heterocycles. The van der Waals surface area contributed by atoms with Crippen molar-refractivity contribution in [2.24, 2.45) is 5.73 Å². The third kappa shape index (κ3) is 4.75. The quantitative estimate of drug-likeness (QED) is 0.602. The third-order valence-electron chi connectivity index (χ3n) is 4.26. The van der Waals surface area contributed by atoms with Crippen molar-refractivity contribution in [3.8, 4) is 11.5 Å². The molecule has 0 fully saturated rings. The second-order valence-electron chi connectivity index (χ2n) is 6.27. The van der Waals surface area contributed by atoms with Crippen LogP contribution in [0.2, 0.25) is 0 Å². The van der Waals surface area contributed by atoms with Gasteiger partial charge in [0.1, 0.15) is 5.82 Å². The van der Waals surface area contributed by atoms with Crippen LogP contribution in [-0.2, 0) is 29.1 Å². The molecule has 3 N–H and O–H groups in total. The highest BCUT2D eigenvalue weighted by Gasteiger charge is 2.20. The number of primary amides is 1. The number of hydrogen-bond acceptors (Lipinski definition) is 7. The van der Waals surface area contributed by atoms with Crippen LogP contribution in [0.15, 0.2) is 23.4 Å². The lowest BCUT2D eigenvalue weighted by Gasteiger charge is -2.13. The molecule has 2 aromatic rings. The first-order valence-electron chi connectivity index (χ1n) is 9.01. The summed E-state index contributed by atoms with van der Waals surface area (Å²) in [6.07, 6.45) is 0.649. The molecular weight excluding hydrogens is 382 g/mol. The first-order chi connectivity index (χ1) is 13.5. The van der Waals surface area contributed by atoms with Gasteiger partial charge in [0.2, 0.25) is 18.6 Å². The molecule has 0 spiro atoms. The molecule has 1 aliphatic heterocycles. The fourth-order valence-corrected chi connectivity index (χ4v) is 3.70. The van der Waals surface area contributed by atoms with Crippen molar-refractivity contribution in [1.29, 1.82) is 0 Å². The van der Waals surface area contributed by atoms with Crippen LogP contribution in [0.3, 0.4) is 0 Å². The number of carbonyl (C=O) groups excluding carboxylic acids is 2. The van der Waals surface area contributed by atoms with Gasteiger partial charge in [-0.05, 0) is 31.5 Å². The summed E-state index contributed by atoms with van der Waals surface area (Å²) >= 11 is 1.33. The van der Waals surface area contributed by atoms with Crippen molar-refractivity contribution < 1.29 is 19.1 Å². The number of aryl methyl sites for hydroxylation is 1. The number of ether oxygens (including phenoxy) is 2. The van der Waals surface area contributed by atoms with E-state index in [1.807, 2.05) is 36.6 Å². The van der Waals surface area contributed by atoms with E-state index >= 15 is 0 Å². The summed E-state index contributed by atoms with van der Waals surface area (Å²) in [4.78, 5) is 23.5. The molecule has 0 unspecified atom stereocenters. The van der Waals surface area contributed by atoms with Crippen LogP contribution in [0.1, 0.15) is 31.7 Å². The minimum atomic E-state index is -0.379. The number of rotatable bonds is 9. The van der Waals surface area contributed by atoms with Crippen LogP contribution in [0.5, 0.6) is 11.5 Å². The fraction of sp³-hybridized carbons (Fsp3) is 0.444. The number of aromatic nitrogens is 3. The number of nitrogens with one attached hydrogen (secondary N) is 1. The molecule has 0 aliphatic carbocycles. The van der Waals surface area contributed by atoms with Crippen LogP contribution >= 0.6 is 11.8 Å². The number of fused-ring (bicyclic) bond motifs is 1. The zero-order valence-electron chi connectivity index (χ0n) is 15.8. The second kappa shape index (κ2) is 8.96. The SMILES string of the molecule is CCn1c(CCC(N)=O)nnc1S[C@@H](C)C(=O)NCc1ccc2c(c1)OCO2. The van der Waals surface area contributed by atoms with Gasteiger partial charge in [0, 0.05) is 25.9 Å². The van der Waals surface area contributed by atoms with Gasteiger partial charge < -0.3 is 25.1 Å². The van der Waals surface area contributed by atoms with Gasteiger partial charge in [-0.15, -0.1) is 10.2 Å². The topological polar surface area (TPSA) is 121 Å². The van der Waals surface area contributed by atoms with E-state index in [0.29, 0.717) is 42.0 Å². The van der Waals surface area contributed by atoms with Crippen LogP contribution in [0.4, 0.5) is 0 Å². The molecular formula is C18H23N5O4S. The largest absolute Gasteiger partial charge is 0.454 e. The lowest BCUT2D eigenvalue weighted by Crippen LogP contribution is -2.30. The maximum Gasteiger partial charge on any atom is 0.233 e. The summed E-state index contributed by atoms with van der Waals surface area (Å²) in [7, 11) is 0. The summed E-state index contributed by atoms with van der Waals surface area (Å²) < 4.78 is 12.5. The Hall–Kier alpha value is -2.75. The highest BCUT2D eigenvalue weighted by molar-refractivity contribution is 8.00. The van der Waals surface area contributed by atoms with Crippen LogP contribution < -0.4 is 20.5 Å². The van der Waals surface area contributed by atoms with Crippen LogP contribution in [-0.4, -0.2) is 38.6 Å². The standard InChI is InChI=1S/C18H23N5O4S/c1-3-23-16(7-6-15(19)24)21-22-18(23)28-11(2)17(25)20-9-12-4-5-13-14(8-12)27-10-26-13/h4-5,8,11H,3,6-7,9-10H2,1-2H3,(H2,19,24)(H,20,25)/t11-/m0/s1. The molecule has 1 aliphatic rings. The van der Waals surface area contributed by atoms with E-state index in [1.54, 1.807) is 0 Å². The Kier molecular flexibility index (Phi) is 6.40. The molecule has 0 radical (unpaired) electrons. The first-order valence-corrected chi connectivity index (χ1v) is 9.89. The minimum Gasteiger partial charge on any atom is -0.454 e. The molecule has 0 bridgehead atoms. The fourth-order valence-electron chi connectivity index (χ4n) is 2.74. The van der Waals surface area contributed by atoms with Gasteiger partial charge in [0.25, 0.3) is 0 Å². The summed E-state index contributed by atoms with van der Waals surface area (Å²) in [6.45, 7) is 5.04. The minimum absolute atomic E-state index is 0.105. The van der Waals surface area contributed by atoms with Crippen LogP contribution in [0.25, 0.3) is 0 Å². The van der Waals surface area contributed by atoms with E-state index in [-0.39, 0.29) is 30.3 Å². The van der Waals surface area contributed by atoms with Crippen molar-refractivity contribution in [3.63, 3.8) is 0 Å². The van der Waals surface area contributed by atoms with Gasteiger partial charge in [-0.3, -0.25) is 9.59 Å². The van der Waals surface area contributed by atoms with Gasteiger partial charge in [0.15, 0.2) is 16.7 Å². The Bertz CT molecular complexity index is 870. The summed E-state index contributed by atoms with van der Waals surface area (Å²) in [6, 6.07) is 5.59. The predicted octanol–water partition coefficient (Wildman–Crippen LogP) is 1.24. The number of thioether (sulfide) groups is 1. The number of benzene rings is 1. The van der Waals surface area contributed by atoms with Gasteiger partial charge in [-0.2, -0.15) is 0 Å². The van der Waals surface area contributed by atoms with Crippen molar-refractivity contribution in [1.82, 2.24) is 20.1 Å². The van der Waals surface area contributed by atoms with E-state index in [2.05, 4.69) is 15.5 Å². The van der Waals surface area contributed by atoms with Crippen molar-refractivity contribution in [2.45, 2.75) is 50.2 Å². The van der Waals surface area contributed by atoms with E-state index in [0.717, 1.165) is 5.56 Å². The Morgan fingerprint density at radius 3 is 2.86 bits per heavy atom. The number of nitrogens with two attached hydrogens (primary N) is 1. The molecule has 28 heavy (non-hydrogen) atoms. The van der Waals surface area contributed by atoms with Gasteiger partial charge >= 0.3 is 0 Å². The number of carbonyl (C=O) groups is 2. The molecule has 9 nitrogen and oxygen atoms in total. The van der Waals surface area contributed by atoms with Gasteiger partial charge in [0.05, 0.1) is 5.25 Å². The maximum atomic E-state index is 12.5. The summed E-state index contributed by atoms with van der Waals surface area (Å²) in [5, 5.41) is 11.5. The van der Waals surface area contributed by atoms with E-state index in [1.165, 1.54) is 11.8 Å². The Morgan fingerprint density at radius 2 is 2.11 bits per heavy atom. The predicted molar refractivity (Wildman–Crippen MR) is 103 cm³/mol. The molecule has 3 rings (SSSR count). The zero-order valence-corrected chi connectivity index (χ0v) is 16.6. The third-order valence-corrected chi connectivity index (χ3v) is 5.34. The van der Waals surface area contributed by atoms with E-state index in [9.17, 15) is 9.59 Å². The first kappa shape index (κ1) is 20.0. The number of amides is 2. The highest BCUT2D eigenvalue weighted by Crippen LogP contribution is 2.32. The summed E-state index contributed by atoms with van der Waals surface area (Å²) in [5.41, 5.74) is 6.13. The lowest BCUT2D eigenvalue weighted by molar-refractivity contribution is -0.120. The molecule has 1 aromatic carbocycles.